The minimum absolute atomic E-state index is 0.347. The van der Waals surface area contributed by atoms with Gasteiger partial charge in [-0.05, 0) is 107 Å². The van der Waals surface area contributed by atoms with Gasteiger partial charge >= 0.3 is 11.9 Å². The van der Waals surface area contributed by atoms with Crippen LogP contribution in [0.2, 0.25) is 0 Å². The van der Waals surface area contributed by atoms with Crippen LogP contribution in [-0.4, -0.2) is 31.3 Å². The molecule has 0 fully saturated rings. The lowest BCUT2D eigenvalue weighted by molar-refractivity contribution is -0.133. The van der Waals surface area contributed by atoms with E-state index in [1.807, 2.05) is 97.1 Å². The number of rotatable bonds is 7. The van der Waals surface area contributed by atoms with Gasteiger partial charge in [-0.15, -0.1) is 0 Å². The van der Waals surface area contributed by atoms with Gasteiger partial charge < -0.3 is 19.3 Å². The summed E-state index contributed by atoms with van der Waals surface area (Å²) in [6.45, 7) is 0. The van der Waals surface area contributed by atoms with E-state index in [1.165, 1.54) is 12.2 Å². The molecule has 8 heteroatoms. The molecule has 0 bridgehead atoms. The summed E-state index contributed by atoms with van der Waals surface area (Å²) < 4.78 is 4.34. The number of benzene rings is 6. The van der Waals surface area contributed by atoms with E-state index in [-0.39, 0.29) is 11.1 Å². The van der Waals surface area contributed by atoms with Crippen molar-refractivity contribution in [2.24, 2.45) is 0 Å². The van der Waals surface area contributed by atoms with Crippen molar-refractivity contribution in [1.82, 2.24) is 9.13 Å². The molecule has 0 saturated carbocycles. The maximum Gasteiger partial charge on any atom is 0.346 e. The summed E-state index contributed by atoms with van der Waals surface area (Å²) in [6.07, 6.45) is 2.76. The van der Waals surface area contributed by atoms with Gasteiger partial charge in [0.15, 0.2) is 0 Å². The van der Waals surface area contributed by atoms with Crippen molar-refractivity contribution in [3.05, 3.63) is 156 Å². The SMILES string of the molecule is N#C/C(=C\c1ccc2c(c1)c1cc(-c3ccc4c(c3)c3cc(/C=C(\C#N)C(=O)O)ccc3n4-c3ccccc3)ccc1n2-c1ccccc1)C(=O)O. The standard InChI is InChI=1S/C44H26N4O4/c45-25-31(43(49)50)19-27-11-15-39-35(21-27)37-23-29(13-17-41(37)47(39)33-7-3-1-4-8-33)30-14-18-42-38(24-30)36-22-28(20-32(26-46)44(51)52)12-16-40(36)48(42)34-9-5-2-6-10-34/h1-24H,(H,49,50)(H,51,52)/b31-19+,32-20+. The average molecular weight is 675 g/mol. The number of carbonyl (C=O) groups is 2. The van der Waals surface area contributed by atoms with Gasteiger partial charge in [0.1, 0.15) is 23.3 Å². The smallest absolute Gasteiger partial charge is 0.346 e. The summed E-state index contributed by atoms with van der Waals surface area (Å²) in [7, 11) is 0. The molecule has 2 heterocycles. The molecule has 52 heavy (non-hydrogen) atoms. The van der Waals surface area contributed by atoms with Crippen LogP contribution in [0.4, 0.5) is 0 Å². The fraction of sp³-hybridized carbons (Fsp3) is 0. The number of hydrogen-bond donors (Lipinski definition) is 2. The Morgan fingerprint density at radius 1 is 0.481 bits per heavy atom. The first-order chi connectivity index (χ1) is 25.3. The average Bonchev–Trinajstić information content (AvgIpc) is 3.67. The Bertz CT molecular complexity index is 2720. The third-order valence-electron chi connectivity index (χ3n) is 9.26. The van der Waals surface area contributed by atoms with Crippen molar-refractivity contribution in [3.63, 3.8) is 0 Å². The van der Waals surface area contributed by atoms with Gasteiger partial charge in [-0.3, -0.25) is 0 Å². The van der Waals surface area contributed by atoms with E-state index in [1.54, 1.807) is 12.1 Å². The van der Waals surface area contributed by atoms with E-state index < -0.39 is 11.9 Å². The first kappa shape index (κ1) is 31.6. The van der Waals surface area contributed by atoms with Crippen LogP contribution in [-0.2, 0) is 9.59 Å². The number of aliphatic carboxylic acids is 2. The van der Waals surface area contributed by atoms with Crippen LogP contribution in [0.25, 0.3) is 78.3 Å². The second-order valence-electron chi connectivity index (χ2n) is 12.3. The number of para-hydroxylation sites is 2. The van der Waals surface area contributed by atoms with Gasteiger partial charge in [-0.25, -0.2) is 9.59 Å². The van der Waals surface area contributed by atoms with Crippen molar-refractivity contribution in [3.8, 4) is 34.6 Å². The molecule has 0 aliphatic heterocycles. The van der Waals surface area contributed by atoms with Crippen LogP contribution in [0.15, 0.2) is 145 Å². The molecule has 8 nitrogen and oxygen atoms in total. The fourth-order valence-electron chi connectivity index (χ4n) is 6.95. The zero-order valence-corrected chi connectivity index (χ0v) is 27.4. The Morgan fingerprint density at radius 3 is 1.17 bits per heavy atom. The molecule has 0 spiro atoms. The van der Waals surface area contributed by atoms with Crippen molar-refractivity contribution in [1.29, 1.82) is 10.5 Å². The molecule has 6 aromatic carbocycles. The van der Waals surface area contributed by atoms with Crippen LogP contribution in [0, 0.1) is 22.7 Å². The maximum atomic E-state index is 11.6. The normalized spacial score (nSPS) is 12.0. The molecule has 2 aromatic heterocycles. The molecule has 8 aromatic rings. The van der Waals surface area contributed by atoms with Crippen LogP contribution in [0.3, 0.4) is 0 Å². The number of carboxylic acids is 2. The predicted octanol–water partition coefficient (Wildman–Crippen LogP) is 9.53. The molecule has 0 unspecified atom stereocenters. The summed E-state index contributed by atoms with van der Waals surface area (Å²) in [5, 5.41) is 41.5. The lowest BCUT2D eigenvalue weighted by atomic mass is 9.99. The Morgan fingerprint density at radius 2 is 0.827 bits per heavy atom. The molecular weight excluding hydrogens is 649 g/mol. The zero-order chi connectivity index (χ0) is 35.9. The number of nitriles is 2. The van der Waals surface area contributed by atoms with Crippen LogP contribution in [0.1, 0.15) is 11.1 Å². The van der Waals surface area contributed by atoms with Gasteiger partial charge in [-0.2, -0.15) is 10.5 Å². The van der Waals surface area contributed by atoms with Gasteiger partial charge in [0, 0.05) is 32.9 Å². The lowest BCUT2D eigenvalue weighted by Gasteiger charge is -2.09. The molecule has 0 amide bonds. The van der Waals surface area contributed by atoms with Crippen molar-refractivity contribution < 1.29 is 19.8 Å². The van der Waals surface area contributed by atoms with E-state index in [0.717, 1.165) is 66.1 Å². The molecule has 0 radical (unpaired) electrons. The summed E-state index contributed by atoms with van der Waals surface area (Å²) >= 11 is 0. The minimum atomic E-state index is -1.28. The van der Waals surface area contributed by atoms with E-state index in [2.05, 4.69) is 45.5 Å². The van der Waals surface area contributed by atoms with E-state index >= 15 is 0 Å². The molecule has 0 aliphatic rings. The maximum absolute atomic E-state index is 11.6. The van der Waals surface area contributed by atoms with Gasteiger partial charge in [0.2, 0.25) is 0 Å². The lowest BCUT2D eigenvalue weighted by Crippen LogP contribution is -1.97. The third-order valence-corrected chi connectivity index (χ3v) is 9.26. The largest absolute Gasteiger partial charge is 0.477 e. The van der Waals surface area contributed by atoms with Gasteiger partial charge in [0.25, 0.3) is 0 Å². The highest BCUT2D eigenvalue weighted by Gasteiger charge is 2.17. The second-order valence-corrected chi connectivity index (χ2v) is 12.3. The number of fused-ring (bicyclic) bond motifs is 6. The molecular formula is C44H26N4O4. The monoisotopic (exact) mass is 674 g/mol. The van der Waals surface area contributed by atoms with Crippen LogP contribution in [0.5, 0.6) is 0 Å². The van der Waals surface area contributed by atoms with Crippen molar-refractivity contribution in [2.75, 3.05) is 0 Å². The Hall–Kier alpha value is -7.68. The topological polar surface area (TPSA) is 132 Å². The first-order valence-corrected chi connectivity index (χ1v) is 16.3. The predicted molar refractivity (Wildman–Crippen MR) is 203 cm³/mol. The Kier molecular flexibility index (Phi) is 7.68. The molecule has 246 valence electrons. The molecule has 8 rings (SSSR count). The summed E-state index contributed by atoms with van der Waals surface area (Å²) in [5.41, 5.74) is 8.19. The van der Waals surface area contributed by atoms with E-state index in [4.69, 9.17) is 0 Å². The van der Waals surface area contributed by atoms with Crippen molar-refractivity contribution >= 4 is 67.7 Å². The van der Waals surface area contributed by atoms with Gasteiger partial charge in [-0.1, -0.05) is 60.7 Å². The third kappa shape index (κ3) is 5.34. The summed E-state index contributed by atoms with van der Waals surface area (Å²) in [4.78, 5) is 23.3. The summed E-state index contributed by atoms with van der Waals surface area (Å²) in [6, 6.07) is 47.5. The number of carboxylic acid groups (broad SMARTS) is 2. The summed E-state index contributed by atoms with van der Waals surface area (Å²) in [5.74, 6) is -2.56. The quantitative estimate of drug-likeness (QED) is 0.128. The van der Waals surface area contributed by atoms with Crippen molar-refractivity contribution in [2.45, 2.75) is 0 Å². The number of hydrogen-bond acceptors (Lipinski definition) is 4. The molecule has 2 N–H and O–H groups in total. The number of nitrogens with zero attached hydrogens (tertiary/aromatic N) is 4. The fourth-order valence-corrected chi connectivity index (χ4v) is 6.95. The van der Waals surface area contributed by atoms with Gasteiger partial charge in [0.05, 0.1) is 22.1 Å². The Balaban J connectivity index is 1.36. The molecule has 0 aliphatic carbocycles. The molecule has 0 saturated heterocycles. The zero-order valence-electron chi connectivity index (χ0n) is 27.4. The highest BCUT2D eigenvalue weighted by molar-refractivity contribution is 6.13. The van der Waals surface area contributed by atoms with Crippen LogP contribution >= 0.6 is 0 Å². The van der Waals surface area contributed by atoms with E-state index in [0.29, 0.717) is 11.1 Å². The Labute approximate surface area is 296 Å². The van der Waals surface area contributed by atoms with E-state index in [9.17, 15) is 30.3 Å². The number of aromatic nitrogens is 2. The van der Waals surface area contributed by atoms with Crippen LogP contribution < -0.4 is 0 Å². The highest BCUT2D eigenvalue weighted by atomic mass is 16.4. The first-order valence-electron chi connectivity index (χ1n) is 16.3. The minimum Gasteiger partial charge on any atom is -0.477 e. The molecule has 0 atom stereocenters. The second kappa shape index (κ2) is 12.6. The highest BCUT2D eigenvalue weighted by Crippen LogP contribution is 2.39.